The van der Waals surface area contributed by atoms with Gasteiger partial charge in [0.1, 0.15) is 5.76 Å². The lowest BCUT2D eigenvalue weighted by atomic mass is 9.97. The van der Waals surface area contributed by atoms with Crippen molar-refractivity contribution in [1.29, 1.82) is 0 Å². The largest absolute Gasteiger partial charge is 0.507 e. The van der Waals surface area contributed by atoms with Crippen LogP contribution in [0.2, 0.25) is 0 Å². The maximum atomic E-state index is 13.0. The number of carbonyl (C=O) groups is 2. The summed E-state index contributed by atoms with van der Waals surface area (Å²) < 4.78 is 5.60. The first-order valence-electron chi connectivity index (χ1n) is 10.4. The Balaban J connectivity index is 2.00. The van der Waals surface area contributed by atoms with Crippen LogP contribution in [0.15, 0.2) is 41.3 Å². The van der Waals surface area contributed by atoms with Gasteiger partial charge in [-0.1, -0.05) is 31.2 Å². The van der Waals surface area contributed by atoms with Crippen molar-refractivity contribution in [2.24, 2.45) is 0 Å². The number of ketones is 1. The van der Waals surface area contributed by atoms with Crippen LogP contribution in [0.25, 0.3) is 5.76 Å². The molecule has 1 aliphatic heterocycles. The molecule has 0 saturated carbocycles. The number of amides is 1. The van der Waals surface area contributed by atoms with Crippen molar-refractivity contribution in [3.8, 4) is 0 Å². The minimum atomic E-state index is -0.630. The summed E-state index contributed by atoms with van der Waals surface area (Å²) >= 11 is 1.50. The van der Waals surface area contributed by atoms with E-state index in [-0.39, 0.29) is 17.4 Å². The minimum absolute atomic E-state index is 0.113. The van der Waals surface area contributed by atoms with Crippen molar-refractivity contribution >= 4 is 28.8 Å². The third-order valence-corrected chi connectivity index (χ3v) is 6.39. The molecule has 1 unspecified atom stereocenters. The van der Waals surface area contributed by atoms with Gasteiger partial charge in [0, 0.05) is 23.6 Å². The van der Waals surface area contributed by atoms with Crippen molar-refractivity contribution in [3.05, 3.63) is 62.9 Å². The van der Waals surface area contributed by atoms with Gasteiger partial charge in [0.25, 0.3) is 11.7 Å². The molecule has 0 bridgehead atoms. The fourth-order valence-electron chi connectivity index (χ4n) is 3.66. The molecule has 2 heterocycles. The summed E-state index contributed by atoms with van der Waals surface area (Å²) in [6, 6.07) is 8.86. The number of ether oxygens (including phenoxy) is 1. The van der Waals surface area contributed by atoms with Crippen LogP contribution in [0.4, 0.5) is 0 Å². The summed E-state index contributed by atoms with van der Waals surface area (Å²) in [7, 11) is 0. The third kappa shape index (κ3) is 4.50. The van der Waals surface area contributed by atoms with Crippen LogP contribution in [0.5, 0.6) is 0 Å². The fourth-order valence-corrected chi connectivity index (χ4v) is 4.70. The molecule has 1 aromatic heterocycles. The minimum Gasteiger partial charge on any atom is -0.507 e. The molecule has 0 aliphatic carbocycles. The monoisotopic (exact) mass is 427 g/mol. The second-order valence-corrected chi connectivity index (χ2v) is 8.73. The Bertz CT molecular complexity index is 942. The second-order valence-electron chi connectivity index (χ2n) is 7.78. The summed E-state index contributed by atoms with van der Waals surface area (Å²) in [6.07, 6.45) is 1.62. The van der Waals surface area contributed by atoms with Gasteiger partial charge in [0.15, 0.2) is 0 Å². The fraction of sp³-hybridized carbons (Fsp3) is 0.417. The van der Waals surface area contributed by atoms with E-state index < -0.39 is 17.7 Å². The molecule has 1 N–H and O–H groups in total. The number of nitrogens with zero attached hydrogens (tertiary/aromatic N) is 1. The number of hydrogen-bond acceptors (Lipinski definition) is 5. The molecule has 3 rings (SSSR count). The van der Waals surface area contributed by atoms with E-state index in [2.05, 4.69) is 6.92 Å². The number of aryl methyl sites for hydroxylation is 2. The molecular formula is C24H29NO4S. The molecule has 1 aromatic carbocycles. The van der Waals surface area contributed by atoms with Crippen molar-refractivity contribution in [2.75, 3.05) is 13.2 Å². The number of benzene rings is 1. The lowest BCUT2D eigenvalue weighted by Gasteiger charge is -2.25. The summed E-state index contributed by atoms with van der Waals surface area (Å²) in [5.74, 6) is -1.31. The molecule has 2 aromatic rings. The van der Waals surface area contributed by atoms with Crippen LogP contribution in [0.3, 0.4) is 0 Å². The van der Waals surface area contributed by atoms with Gasteiger partial charge >= 0.3 is 0 Å². The summed E-state index contributed by atoms with van der Waals surface area (Å²) in [5, 5.41) is 13.0. The first kappa shape index (κ1) is 22.2. The highest BCUT2D eigenvalue weighted by Crippen LogP contribution is 2.42. The molecule has 30 heavy (non-hydrogen) atoms. The number of aliphatic hydroxyl groups excluding tert-OH is 1. The lowest BCUT2D eigenvalue weighted by Crippen LogP contribution is -2.31. The molecule has 1 saturated heterocycles. The Labute approximate surface area is 182 Å². The predicted octanol–water partition coefficient (Wildman–Crippen LogP) is 4.86. The van der Waals surface area contributed by atoms with Crippen LogP contribution in [-0.4, -0.2) is 41.0 Å². The molecule has 6 heteroatoms. The topological polar surface area (TPSA) is 66.8 Å². The second kappa shape index (κ2) is 9.58. The predicted molar refractivity (Wildman–Crippen MR) is 120 cm³/mol. The zero-order chi connectivity index (χ0) is 21.8. The number of rotatable bonds is 8. The van der Waals surface area contributed by atoms with Gasteiger partial charge in [-0.3, -0.25) is 9.59 Å². The summed E-state index contributed by atoms with van der Waals surface area (Å²) in [6.45, 7) is 8.85. The summed E-state index contributed by atoms with van der Waals surface area (Å²) in [4.78, 5) is 28.4. The van der Waals surface area contributed by atoms with E-state index in [0.29, 0.717) is 25.1 Å². The third-order valence-electron chi connectivity index (χ3n) is 5.32. The average molecular weight is 428 g/mol. The number of carbonyl (C=O) groups excluding carboxylic acids is 2. The van der Waals surface area contributed by atoms with Gasteiger partial charge in [-0.25, -0.2) is 0 Å². The van der Waals surface area contributed by atoms with Gasteiger partial charge < -0.3 is 14.7 Å². The van der Waals surface area contributed by atoms with E-state index in [1.807, 2.05) is 44.4 Å². The van der Waals surface area contributed by atoms with Gasteiger partial charge in [-0.2, -0.15) is 0 Å². The Morgan fingerprint density at radius 1 is 1.20 bits per heavy atom. The van der Waals surface area contributed by atoms with Crippen LogP contribution < -0.4 is 0 Å². The molecule has 1 amide bonds. The quantitative estimate of drug-likeness (QED) is 0.283. The maximum Gasteiger partial charge on any atom is 0.295 e. The Morgan fingerprint density at radius 3 is 2.47 bits per heavy atom. The van der Waals surface area contributed by atoms with Crippen molar-refractivity contribution in [2.45, 2.75) is 52.7 Å². The van der Waals surface area contributed by atoms with Crippen LogP contribution in [0.1, 0.15) is 54.8 Å². The number of hydrogen-bond donors (Lipinski definition) is 1. The molecule has 0 radical (unpaired) electrons. The van der Waals surface area contributed by atoms with E-state index in [1.165, 1.54) is 11.3 Å². The first-order valence-corrected chi connectivity index (χ1v) is 11.3. The summed E-state index contributed by atoms with van der Waals surface area (Å²) in [5.41, 5.74) is 2.86. The highest BCUT2D eigenvalue weighted by Gasteiger charge is 2.46. The van der Waals surface area contributed by atoms with E-state index in [1.54, 1.807) is 17.0 Å². The number of Topliss-reactive ketones (excluding diaryl/α,β-unsaturated/α-hetero) is 1. The zero-order valence-electron chi connectivity index (χ0n) is 18.0. The van der Waals surface area contributed by atoms with E-state index in [4.69, 9.17) is 4.74 Å². The van der Waals surface area contributed by atoms with E-state index in [0.717, 1.165) is 22.4 Å². The van der Waals surface area contributed by atoms with E-state index >= 15 is 0 Å². The number of thiophene rings is 1. The van der Waals surface area contributed by atoms with Gasteiger partial charge in [-0.05, 0) is 56.2 Å². The molecule has 1 fully saturated rings. The normalized spacial score (nSPS) is 18.6. The van der Waals surface area contributed by atoms with Gasteiger partial charge in [0.05, 0.1) is 17.7 Å². The van der Waals surface area contributed by atoms with Crippen molar-refractivity contribution < 1.29 is 19.4 Å². The number of aliphatic hydroxyl groups is 1. The Kier molecular flexibility index (Phi) is 7.10. The van der Waals surface area contributed by atoms with Crippen LogP contribution in [0, 0.1) is 6.92 Å². The Morgan fingerprint density at radius 2 is 1.90 bits per heavy atom. The maximum absolute atomic E-state index is 13.0. The number of likely N-dealkylation sites (tertiary alicyclic amines) is 1. The molecule has 1 aliphatic rings. The SMILES string of the molecule is CCc1ccc(/C(O)=C2/C(=O)C(=O)N(CCCOC(C)C)C2c2sccc2C)cc1. The average Bonchev–Trinajstić information content (AvgIpc) is 3.26. The van der Waals surface area contributed by atoms with Gasteiger partial charge in [0.2, 0.25) is 0 Å². The van der Waals surface area contributed by atoms with Crippen molar-refractivity contribution in [3.63, 3.8) is 0 Å². The zero-order valence-corrected chi connectivity index (χ0v) is 18.8. The van der Waals surface area contributed by atoms with E-state index in [9.17, 15) is 14.7 Å². The smallest absolute Gasteiger partial charge is 0.295 e. The van der Waals surface area contributed by atoms with Crippen LogP contribution >= 0.6 is 11.3 Å². The van der Waals surface area contributed by atoms with Gasteiger partial charge in [-0.15, -0.1) is 11.3 Å². The molecular weight excluding hydrogens is 398 g/mol. The Hall–Kier alpha value is -2.44. The molecule has 1 atom stereocenters. The highest BCUT2D eigenvalue weighted by molar-refractivity contribution is 7.10. The van der Waals surface area contributed by atoms with Crippen molar-refractivity contribution in [1.82, 2.24) is 4.90 Å². The standard InChI is InChI=1S/C24H29NO4S/c1-5-17-7-9-18(10-8-17)21(26)19-20(23-16(4)11-14-30-23)25(24(28)22(19)27)12-6-13-29-15(2)3/h7-11,14-15,20,26H,5-6,12-13H2,1-4H3/b21-19-. The molecule has 5 nitrogen and oxygen atoms in total. The molecule has 0 spiro atoms. The first-order chi connectivity index (χ1) is 14.3. The lowest BCUT2D eigenvalue weighted by molar-refractivity contribution is -0.140. The van der Waals surface area contributed by atoms with Crippen LogP contribution in [-0.2, 0) is 20.7 Å². The molecule has 160 valence electrons. The highest BCUT2D eigenvalue weighted by atomic mass is 32.1.